The molecule has 1 heterocycles. The fourth-order valence-corrected chi connectivity index (χ4v) is 2.67. The van der Waals surface area contributed by atoms with Crippen molar-refractivity contribution in [2.45, 2.75) is 31.8 Å². The van der Waals surface area contributed by atoms with E-state index in [0.29, 0.717) is 6.04 Å². The molecule has 1 aliphatic rings. The number of nitrogens with two attached hydrogens (primary N) is 1. The number of rotatable bonds is 7. The van der Waals surface area contributed by atoms with Crippen LogP contribution in [0, 0.1) is 0 Å². The van der Waals surface area contributed by atoms with Gasteiger partial charge in [0.15, 0.2) is 0 Å². The van der Waals surface area contributed by atoms with Crippen molar-refractivity contribution < 1.29 is 4.74 Å². The number of hydrogen-bond acceptors (Lipinski definition) is 4. The van der Waals surface area contributed by atoms with Crippen LogP contribution < -0.4 is 10.5 Å². The monoisotopic (exact) mass is 291 g/mol. The zero-order chi connectivity index (χ0) is 15.1. The number of ether oxygens (including phenoxy) is 1. The van der Waals surface area contributed by atoms with E-state index in [0.717, 1.165) is 57.8 Å². The van der Waals surface area contributed by atoms with E-state index in [4.69, 9.17) is 10.5 Å². The highest BCUT2D eigenvalue weighted by atomic mass is 16.5. The summed E-state index contributed by atoms with van der Waals surface area (Å²) in [5.74, 6) is 0.986. The van der Waals surface area contributed by atoms with Crippen molar-refractivity contribution >= 4 is 0 Å². The molecule has 0 amide bonds. The summed E-state index contributed by atoms with van der Waals surface area (Å²) in [6.07, 6.45) is 3.28. The molecule has 0 atom stereocenters. The van der Waals surface area contributed by atoms with Crippen LogP contribution in [0.2, 0.25) is 0 Å². The lowest BCUT2D eigenvalue weighted by Gasteiger charge is -2.30. The molecule has 1 aromatic carbocycles. The average molecular weight is 291 g/mol. The summed E-state index contributed by atoms with van der Waals surface area (Å²) >= 11 is 0. The first kappa shape index (κ1) is 16.3. The van der Waals surface area contributed by atoms with Gasteiger partial charge in [-0.2, -0.15) is 0 Å². The van der Waals surface area contributed by atoms with Gasteiger partial charge in [0.25, 0.3) is 0 Å². The topological polar surface area (TPSA) is 41.7 Å². The van der Waals surface area contributed by atoms with E-state index in [1.807, 2.05) is 6.07 Å². The Morgan fingerprint density at radius 3 is 2.76 bits per heavy atom. The van der Waals surface area contributed by atoms with E-state index >= 15 is 0 Å². The molecule has 0 aliphatic carbocycles. The Balaban J connectivity index is 1.77. The third kappa shape index (κ3) is 6.04. The summed E-state index contributed by atoms with van der Waals surface area (Å²) in [5.41, 5.74) is 7.28. The molecule has 0 aromatic heterocycles. The van der Waals surface area contributed by atoms with Crippen LogP contribution in [0.15, 0.2) is 24.3 Å². The molecular weight excluding hydrogens is 262 g/mol. The van der Waals surface area contributed by atoms with Gasteiger partial charge in [0.05, 0.1) is 6.61 Å². The molecule has 0 saturated carbocycles. The van der Waals surface area contributed by atoms with Crippen LogP contribution in [-0.2, 0) is 6.54 Å². The summed E-state index contributed by atoms with van der Waals surface area (Å²) in [5, 5.41) is 0. The standard InChI is InChI=1S/C17H29N3O/c1-19(2)9-4-12-21-17-6-3-5-15(13-17)14-20-10-7-16(18)8-11-20/h3,5-6,13,16H,4,7-12,14,18H2,1-2H3. The highest BCUT2D eigenvalue weighted by Crippen LogP contribution is 2.17. The second kappa shape index (κ2) is 8.37. The van der Waals surface area contributed by atoms with E-state index in [1.54, 1.807) is 0 Å². The molecule has 2 rings (SSSR count). The predicted molar refractivity (Wildman–Crippen MR) is 87.6 cm³/mol. The van der Waals surface area contributed by atoms with Crippen molar-refractivity contribution in [2.75, 3.05) is 40.3 Å². The number of hydrogen-bond donors (Lipinski definition) is 1. The van der Waals surface area contributed by atoms with Gasteiger partial charge in [-0.3, -0.25) is 4.90 Å². The van der Waals surface area contributed by atoms with Gasteiger partial charge in [-0.05, 0) is 64.1 Å². The van der Waals surface area contributed by atoms with Crippen molar-refractivity contribution in [1.29, 1.82) is 0 Å². The number of likely N-dealkylation sites (tertiary alicyclic amines) is 1. The molecule has 0 spiro atoms. The molecule has 0 unspecified atom stereocenters. The van der Waals surface area contributed by atoms with E-state index in [-0.39, 0.29) is 0 Å². The van der Waals surface area contributed by atoms with Crippen molar-refractivity contribution in [3.05, 3.63) is 29.8 Å². The lowest BCUT2D eigenvalue weighted by molar-refractivity contribution is 0.205. The van der Waals surface area contributed by atoms with Crippen molar-refractivity contribution in [1.82, 2.24) is 9.80 Å². The fourth-order valence-electron chi connectivity index (χ4n) is 2.67. The highest BCUT2D eigenvalue weighted by molar-refractivity contribution is 5.28. The van der Waals surface area contributed by atoms with Crippen LogP contribution in [0.5, 0.6) is 5.75 Å². The Kier molecular flexibility index (Phi) is 6.49. The van der Waals surface area contributed by atoms with Gasteiger partial charge in [-0.25, -0.2) is 0 Å². The molecule has 118 valence electrons. The minimum atomic E-state index is 0.396. The van der Waals surface area contributed by atoms with Gasteiger partial charge in [-0.15, -0.1) is 0 Å². The molecule has 1 saturated heterocycles. The Morgan fingerprint density at radius 2 is 2.05 bits per heavy atom. The van der Waals surface area contributed by atoms with Crippen LogP contribution >= 0.6 is 0 Å². The normalized spacial score (nSPS) is 17.3. The SMILES string of the molecule is CN(C)CCCOc1cccc(CN2CCC(N)CC2)c1. The summed E-state index contributed by atoms with van der Waals surface area (Å²) in [4.78, 5) is 4.66. The lowest BCUT2D eigenvalue weighted by Crippen LogP contribution is -2.39. The van der Waals surface area contributed by atoms with E-state index in [2.05, 4.69) is 42.1 Å². The largest absolute Gasteiger partial charge is 0.494 e. The molecule has 4 nitrogen and oxygen atoms in total. The van der Waals surface area contributed by atoms with Gasteiger partial charge in [0, 0.05) is 19.1 Å². The Morgan fingerprint density at radius 1 is 1.29 bits per heavy atom. The smallest absolute Gasteiger partial charge is 0.119 e. The van der Waals surface area contributed by atoms with Gasteiger partial charge < -0.3 is 15.4 Å². The fraction of sp³-hybridized carbons (Fsp3) is 0.647. The minimum absolute atomic E-state index is 0.396. The molecule has 0 bridgehead atoms. The van der Waals surface area contributed by atoms with Gasteiger partial charge in [0.1, 0.15) is 5.75 Å². The van der Waals surface area contributed by atoms with Crippen molar-refractivity contribution in [2.24, 2.45) is 5.73 Å². The quantitative estimate of drug-likeness (QED) is 0.780. The van der Waals surface area contributed by atoms with Crippen LogP contribution in [0.3, 0.4) is 0 Å². The van der Waals surface area contributed by atoms with E-state index < -0.39 is 0 Å². The van der Waals surface area contributed by atoms with Crippen LogP contribution in [-0.4, -0.2) is 56.2 Å². The molecule has 1 aromatic rings. The van der Waals surface area contributed by atoms with Crippen LogP contribution in [0.25, 0.3) is 0 Å². The molecule has 1 aliphatic heterocycles. The zero-order valence-electron chi connectivity index (χ0n) is 13.4. The van der Waals surface area contributed by atoms with Crippen LogP contribution in [0.4, 0.5) is 0 Å². The predicted octanol–water partition coefficient (Wildman–Crippen LogP) is 1.94. The number of piperidine rings is 1. The molecule has 2 N–H and O–H groups in total. The summed E-state index contributed by atoms with van der Waals surface area (Å²) in [6, 6.07) is 8.89. The average Bonchev–Trinajstić information content (AvgIpc) is 2.46. The minimum Gasteiger partial charge on any atom is -0.494 e. The van der Waals surface area contributed by atoms with E-state index in [1.165, 1.54) is 5.56 Å². The first-order chi connectivity index (χ1) is 10.1. The zero-order valence-corrected chi connectivity index (χ0v) is 13.4. The third-order valence-corrected chi connectivity index (χ3v) is 3.96. The van der Waals surface area contributed by atoms with Crippen LogP contribution in [0.1, 0.15) is 24.8 Å². The Hall–Kier alpha value is -1.10. The molecule has 21 heavy (non-hydrogen) atoms. The third-order valence-electron chi connectivity index (χ3n) is 3.96. The molecule has 4 heteroatoms. The second-order valence-corrected chi connectivity index (χ2v) is 6.27. The van der Waals surface area contributed by atoms with E-state index in [9.17, 15) is 0 Å². The lowest BCUT2D eigenvalue weighted by atomic mass is 10.1. The maximum absolute atomic E-state index is 5.95. The summed E-state index contributed by atoms with van der Waals surface area (Å²) in [7, 11) is 4.18. The Labute approximate surface area is 128 Å². The molecular formula is C17H29N3O. The van der Waals surface area contributed by atoms with Gasteiger partial charge in [0.2, 0.25) is 0 Å². The highest BCUT2D eigenvalue weighted by Gasteiger charge is 2.15. The van der Waals surface area contributed by atoms with Gasteiger partial charge >= 0.3 is 0 Å². The maximum Gasteiger partial charge on any atom is 0.119 e. The first-order valence-corrected chi connectivity index (χ1v) is 7.98. The number of nitrogens with zero attached hydrogens (tertiary/aromatic N) is 2. The number of benzene rings is 1. The molecule has 1 fully saturated rings. The maximum atomic E-state index is 5.95. The first-order valence-electron chi connectivity index (χ1n) is 7.98. The second-order valence-electron chi connectivity index (χ2n) is 6.27. The summed E-state index contributed by atoms with van der Waals surface area (Å²) < 4.78 is 5.84. The van der Waals surface area contributed by atoms with Gasteiger partial charge in [-0.1, -0.05) is 12.1 Å². The molecule has 0 radical (unpaired) electrons. The van der Waals surface area contributed by atoms with Crippen molar-refractivity contribution in [3.63, 3.8) is 0 Å². The van der Waals surface area contributed by atoms with Crippen molar-refractivity contribution in [3.8, 4) is 5.75 Å². The Bertz CT molecular complexity index is 414. The summed E-state index contributed by atoms with van der Waals surface area (Å²) in [6.45, 7) is 5.06.